The Labute approximate surface area is 226 Å². The number of amides is 1. The van der Waals surface area contributed by atoms with Crippen LogP contribution >= 0.6 is 0 Å². The summed E-state index contributed by atoms with van der Waals surface area (Å²) < 4.78 is 4.25. The number of H-pyrrole nitrogens is 1. The third-order valence-electron chi connectivity index (χ3n) is 7.32. The monoisotopic (exact) mass is 523 g/mol. The fraction of sp³-hybridized carbons (Fsp3) is 0.643. The number of unbranched alkanes of at least 4 members (excludes halogenated alkanes) is 1. The number of carbonyl (C=O) groups excluding carboxylic acids is 1. The van der Waals surface area contributed by atoms with Crippen molar-refractivity contribution in [2.45, 2.75) is 72.0 Å². The molecule has 0 bridgehead atoms. The van der Waals surface area contributed by atoms with Crippen molar-refractivity contribution in [3.05, 3.63) is 54.2 Å². The second kappa shape index (κ2) is 14.2. The van der Waals surface area contributed by atoms with Crippen LogP contribution in [0.4, 0.5) is 0 Å². The van der Waals surface area contributed by atoms with Crippen molar-refractivity contribution in [3.8, 4) is 0 Å². The minimum Gasteiger partial charge on any atom is -0.351 e. The zero-order valence-electron chi connectivity index (χ0n) is 23.4. The zero-order valence-corrected chi connectivity index (χ0v) is 23.4. The van der Waals surface area contributed by atoms with E-state index >= 15 is 0 Å². The zero-order chi connectivity index (χ0) is 26.7. The molecule has 4 heterocycles. The topological polar surface area (TPSA) is 99.9 Å². The third-order valence-corrected chi connectivity index (χ3v) is 7.32. The second-order valence-electron chi connectivity index (χ2n) is 10.6. The summed E-state index contributed by atoms with van der Waals surface area (Å²) >= 11 is 0. The highest BCUT2D eigenvalue weighted by atomic mass is 16.1. The van der Waals surface area contributed by atoms with Gasteiger partial charge in [0.2, 0.25) is 0 Å². The van der Waals surface area contributed by atoms with Gasteiger partial charge in [-0.3, -0.25) is 9.69 Å². The summed E-state index contributed by atoms with van der Waals surface area (Å²) in [5.74, 6) is 3.43. The van der Waals surface area contributed by atoms with Gasteiger partial charge in [-0.2, -0.15) is 0 Å². The number of hydrogen-bond acceptors (Lipinski definition) is 6. The number of carbonyl (C=O) groups is 1. The number of fused-ring (bicyclic) bond motifs is 1. The predicted octanol–water partition coefficient (Wildman–Crippen LogP) is 3.24. The molecule has 0 spiro atoms. The maximum atomic E-state index is 12.8. The Morgan fingerprint density at radius 3 is 2.66 bits per heavy atom. The lowest BCUT2D eigenvalue weighted by Gasteiger charge is -2.29. The molecule has 38 heavy (non-hydrogen) atoms. The van der Waals surface area contributed by atoms with Gasteiger partial charge in [-0.05, 0) is 57.7 Å². The van der Waals surface area contributed by atoms with E-state index in [-0.39, 0.29) is 5.91 Å². The SMILES string of the molecule is CCCN(CCC)CCCCNC(=O)c1cn2c(n1)CCC(CN(Cc1ncc[nH]1)Cc1nccn1C)C2. The van der Waals surface area contributed by atoms with Gasteiger partial charge >= 0.3 is 0 Å². The first-order valence-corrected chi connectivity index (χ1v) is 14.3. The summed E-state index contributed by atoms with van der Waals surface area (Å²) in [6, 6.07) is 0. The average Bonchev–Trinajstić information content (AvgIpc) is 3.66. The van der Waals surface area contributed by atoms with Gasteiger partial charge < -0.3 is 24.3 Å². The molecule has 0 fully saturated rings. The van der Waals surface area contributed by atoms with E-state index in [1.54, 1.807) is 6.20 Å². The van der Waals surface area contributed by atoms with Gasteiger partial charge in [0.15, 0.2) is 0 Å². The first kappa shape index (κ1) is 28.0. The van der Waals surface area contributed by atoms with E-state index < -0.39 is 0 Å². The number of aromatic nitrogens is 6. The van der Waals surface area contributed by atoms with Gasteiger partial charge in [-0.1, -0.05) is 13.8 Å². The van der Waals surface area contributed by atoms with Crippen molar-refractivity contribution in [2.24, 2.45) is 13.0 Å². The number of nitrogens with zero attached hydrogens (tertiary/aromatic N) is 7. The molecule has 3 aromatic rings. The van der Waals surface area contributed by atoms with Gasteiger partial charge in [0.25, 0.3) is 5.91 Å². The number of aromatic amines is 1. The van der Waals surface area contributed by atoms with Crippen LogP contribution in [0.15, 0.2) is 31.0 Å². The molecule has 10 heteroatoms. The van der Waals surface area contributed by atoms with Crippen molar-refractivity contribution < 1.29 is 4.79 Å². The minimum absolute atomic E-state index is 0.0587. The molecule has 1 aliphatic rings. The number of hydrogen-bond donors (Lipinski definition) is 2. The van der Waals surface area contributed by atoms with Crippen LogP contribution in [-0.2, 0) is 33.1 Å². The van der Waals surface area contributed by atoms with Crippen LogP contribution in [0.3, 0.4) is 0 Å². The Kier molecular flexibility index (Phi) is 10.5. The molecular weight excluding hydrogens is 478 g/mol. The summed E-state index contributed by atoms with van der Waals surface area (Å²) in [6.45, 7) is 11.9. The maximum Gasteiger partial charge on any atom is 0.271 e. The summed E-state index contributed by atoms with van der Waals surface area (Å²) in [7, 11) is 2.03. The number of imidazole rings is 3. The maximum absolute atomic E-state index is 12.8. The molecule has 4 rings (SSSR count). The summed E-state index contributed by atoms with van der Waals surface area (Å²) in [6.07, 6.45) is 15.9. The fourth-order valence-corrected chi connectivity index (χ4v) is 5.39. The molecule has 3 aromatic heterocycles. The predicted molar refractivity (Wildman–Crippen MR) is 149 cm³/mol. The summed E-state index contributed by atoms with van der Waals surface area (Å²) in [4.78, 5) is 34.6. The van der Waals surface area contributed by atoms with Crippen LogP contribution in [0.25, 0.3) is 0 Å². The quantitative estimate of drug-likeness (QED) is 0.280. The van der Waals surface area contributed by atoms with Crippen molar-refractivity contribution in [2.75, 3.05) is 32.7 Å². The number of nitrogens with one attached hydrogen (secondary N) is 2. The smallest absolute Gasteiger partial charge is 0.271 e. The largest absolute Gasteiger partial charge is 0.351 e. The van der Waals surface area contributed by atoms with E-state index in [0.29, 0.717) is 18.2 Å². The molecule has 0 saturated carbocycles. The van der Waals surface area contributed by atoms with Crippen molar-refractivity contribution in [1.29, 1.82) is 0 Å². The Morgan fingerprint density at radius 1 is 1.11 bits per heavy atom. The normalized spacial score (nSPS) is 15.3. The van der Waals surface area contributed by atoms with Gasteiger partial charge in [0.1, 0.15) is 23.2 Å². The van der Waals surface area contributed by atoms with Crippen LogP contribution in [0, 0.1) is 5.92 Å². The lowest BCUT2D eigenvalue weighted by Crippen LogP contribution is -2.34. The molecular formula is C28H45N9O. The van der Waals surface area contributed by atoms with Crippen LogP contribution in [0.1, 0.15) is 73.9 Å². The van der Waals surface area contributed by atoms with Gasteiger partial charge in [-0.15, -0.1) is 0 Å². The van der Waals surface area contributed by atoms with Crippen molar-refractivity contribution in [3.63, 3.8) is 0 Å². The molecule has 0 aliphatic carbocycles. The van der Waals surface area contributed by atoms with E-state index in [2.05, 4.69) is 58.0 Å². The molecule has 208 valence electrons. The molecule has 0 aromatic carbocycles. The number of rotatable bonds is 16. The van der Waals surface area contributed by atoms with E-state index in [4.69, 9.17) is 0 Å². The third kappa shape index (κ3) is 8.01. The number of aryl methyl sites for hydroxylation is 2. The van der Waals surface area contributed by atoms with Gasteiger partial charge in [0.05, 0.1) is 13.1 Å². The van der Waals surface area contributed by atoms with Crippen LogP contribution in [-0.4, -0.2) is 77.5 Å². The van der Waals surface area contributed by atoms with E-state index in [0.717, 1.165) is 89.0 Å². The van der Waals surface area contributed by atoms with E-state index in [1.165, 1.54) is 12.8 Å². The highest BCUT2D eigenvalue weighted by Crippen LogP contribution is 2.22. The molecule has 1 amide bonds. The van der Waals surface area contributed by atoms with Crippen LogP contribution in [0.5, 0.6) is 0 Å². The molecule has 10 nitrogen and oxygen atoms in total. The Balaban J connectivity index is 1.27. The molecule has 0 radical (unpaired) electrons. The Bertz CT molecular complexity index is 1100. The van der Waals surface area contributed by atoms with Gasteiger partial charge in [0, 0.05) is 64.1 Å². The molecule has 1 aliphatic heterocycles. The Morgan fingerprint density at radius 2 is 1.95 bits per heavy atom. The lowest BCUT2D eigenvalue weighted by molar-refractivity contribution is 0.0948. The summed E-state index contributed by atoms with van der Waals surface area (Å²) in [5, 5.41) is 3.08. The highest BCUT2D eigenvalue weighted by molar-refractivity contribution is 5.92. The molecule has 1 unspecified atom stereocenters. The summed E-state index contributed by atoms with van der Waals surface area (Å²) in [5.41, 5.74) is 0.541. The fourth-order valence-electron chi connectivity index (χ4n) is 5.39. The lowest BCUT2D eigenvalue weighted by atomic mass is 9.98. The first-order chi connectivity index (χ1) is 18.6. The molecule has 1 atom stereocenters. The van der Waals surface area contributed by atoms with Gasteiger partial charge in [-0.25, -0.2) is 15.0 Å². The average molecular weight is 524 g/mol. The molecule has 2 N–H and O–H groups in total. The molecule has 0 saturated heterocycles. The van der Waals surface area contributed by atoms with Crippen LogP contribution in [0.2, 0.25) is 0 Å². The van der Waals surface area contributed by atoms with Crippen molar-refractivity contribution in [1.82, 2.24) is 44.2 Å². The second-order valence-corrected chi connectivity index (χ2v) is 10.6. The van der Waals surface area contributed by atoms with E-state index in [1.807, 2.05) is 31.8 Å². The standard InChI is InChI=1S/C28H45N9O/c1-4-14-35(15-5-2)16-7-6-10-32-28(38)24-20-37-19-23(8-9-26(37)33-24)18-36(21-25-29-11-12-30-25)22-27-31-13-17-34(27)3/h11-13,17,20,23H,4-10,14-16,18-19,21-22H2,1-3H3,(H,29,30)(H,32,38). The highest BCUT2D eigenvalue weighted by Gasteiger charge is 2.25. The first-order valence-electron chi connectivity index (χ1n) is 14.3. The Hall–Kier alpha value is -2.98. The van der Waals surface area contributed by atoms with E-state index in [9.17, 15) is 4.79 Å². The van der Waals surface area contributed by atoms with Crippen LogP contribution < -0.4 is 5.32 Å². The minimum atomic E-state index is -0.0587. The van der Waals surface area contributed by atoms with Crippen molar-refractivity contribution >= 4 is 5.91 Å².